The fourth-order valence-corrected chi connectivity index (χ4v) is 1.49. The molecule has 0 fully saturated rings. The summed E-state index contributed by atoms with van der Waals surface area (Å²) >= 11 is 5.77. The van der Waals surface area contributed by atoms with Gasteiger partial charge in [-0.1, -0.05) is 30.7 Å². The molecule has 4 heteroatoms. The third kappa shape index (κ3) is 3.53. The lowest BCUT2D eigenvalue weighted by Gasteiger charge is -2.13. The molecule has 1 aromatic carbocycles. The highest BCUT2D eigenvalue weighted by Gasteiger charge is 2.16. The Labute approximate surface area is 94.6 Å². The third-order valence-corrected chi connectivity index (χ3v) is 2.47. The van der Waals surface area contributed by atoms with Crippen molar-refractivity contribution in [3.05, 3.63) is 34.9 Å². The Morgan fingerprint density at radius 1 is 1.47 bits per heavy atom. The highest BCUT2D eigenvalue weighted by atomic mass is 35.5. The third-order valence-electron chi connectivity index (χ3n) is 2.21. The van der Waals surface area contributed by atoms with E-state index in [4.69, 9.17) is 17.3 Å². The summed E-state index contributed by atoms with van der Waals surface area (Å²) in [4.78, 5) is 11.2. The molecule has 0 aliphatic carbocycles. The molecule has 0 bridgehead atoms. The van der Waals surface area contributed by atoms with Crippen LogP contribution >= 0.6 is 11.6 Å². The van der Waals surface area contributed by atoms with Gasteiger partial charge in [-0.3, -0.25) is 4.79 Å². The number of primary amides is 1. The number of halogens is 1. The van der Waals surface area contributed by atoms with E-state index >= 15 is 0 Å². The van der Waals surface area contributed by atoms with Crippen LogP contribution in [0.15, 0.2) is 24.3 Å². The molecular formula is C11H15ClN2O. The van der Waals surface area contributed by atoms with Crippen molar-refractivity contribution in [3.8, 4) is 0 Å². The molecule has 0 saturated heterocycles. The lowest BCUT2D eigenvalue weighted by molar-refractivity contribution is -0.119. The van der Waals surface area contributed by atoms with Crippen LogP contribution in [0.2, 0.25) is 5.02 Å². The predicted octanol–water partition coefficient (Wildman–Crippen LogP) is 1.52. The highest BCUT2D eigenvalue weighted by molar-refractivity contribution is 6.30. The van der Waals surface area contributed by atoms with Crippen LogP contribution in [-0.2, 0) is 4.79 Å². The van der Waals surface area contributed by atoms with E-state index in [1.165, 1.54) is 0 Å². The molecule has 1 unspecified atom stereocenters. The van der Waals surface area contributed by atoms with Crippen molar-refractivity contribution in [1.82, 2.24) is 5.32 Å². The zero-order chi connectivity index (χ0) is 11.3. The molecule has 0 saturated carbocycles. The summed E-state index contributed by atoms with van der Waals surface area (Å²) in [6.45, 7) is 3.37. The van der Waals surface area contributed by atoms with Gasteiger partial charge in [0.2, 0.25) is 5.91 Å². The largest absolute Gasteiger partial charge is 0.369 e. The molecule has 1 amide bonds. The molecule has 1 aromatic rings. The van der Waals surface area contributed by atoms with Crippen LogP contribution < -0.4 is 11.1 Å². The molecule has 0 aromatic heterocycles. The van der Waals surface area contributed by atoms with Gasteiger partial charge < -0.3 is 11.1 Å². The Bertz CT molecular complexity index is 324. The van der Waals surface area contributed by atoms with E-state index in [0.717, 1.165) is 12.1 Å². The van der Waals surface area contributed by atoms with E-state index in [1.54, 1.807) is 12.1 Å². The van der Waals surface area contributed by atoms with Crippen molar-refractivity contribution in [1.29, 1.82) is 0 Å². The zero-order valence-corrected chi connectivity index (χ0v) is 9.42. The monoisotopic (exact) mass is 226 g/mol. The van der Waals surface area contributed by atoms with Crippen LogP contribution in [0.25, 0.3) is 0 Å². The minimum Gasteiger partial charge on any atom is -0.369 e. The summed E-state index contributed by atoms with van der Waals surface area (Å²) in [5.41, 5.74) is 6.23. The normalized spacial score (nSPS) is 12.4. The molecule has 0 radical (unpaired) electrons. The van der Waals surface area contributed by atoms with E-state index in [1.807, 2.05) is 19.1 Å². The fraction of sp³-hybridized carbons (Fsp3) is 0.364. The topological polar surface area (TPSA) is 55.1 Å². The van der Waals surface area contributed by atoms with Crippen molar-refractivity contribution in [2.45, 2.75) is 12.8 Å². The van der Waals surface area contributed by atoms with Gasteiger partial charge in [-0.05, 0) is 24.2 Å². The van der Waals surface area contributed by atoms with Crippen LogP contribution in [0.1, 0.15) is 18.4 Å². The molecule has 82 valence electrons. The number of hydrogen-bond donors (Lipinski definition) is 2. The SMILES string of the molecule is CCNCC(C(N)=O)c1ccc(Cl)cc1. The van der Waals surface area contributed by atoms with Crippen LogP contribution in [0.4, 0.5) is 0 Å². The van der Waals surface area contributed by atoms with Crippen molar-refractivity contribution >= 4 is 17.5 Å². The van der Waals surface area contributed by atoms with Gasteiger partial charge in [0, 0.05) is 11.6 Å². The molecule has 1 rings (SSSR count). The summed E-state index contributed by atoms with van der Waals surface area (Å²) < 4.78 is 0. The predicted molar refractivity (Wildman–Crippen MR) is 61.9 cm³/mol. The smallest absolute Gasteiger partial charge is 0.226 e. The van der Waals surface area contributed by atoms with Crippen molar-refractivity contribution < 1.29 is 4.79 Å². The summed E-state index contributed by atoms with van der Waals surface area (Å²) in [6, 6.07) is 7.18. The Morgan fingerprint density at radius 3 is 2.53 bits per heavy atom. The number of nitrogens with one attached hydrogen (secondary N) is 1. The van der Waals surface area contributed by atoms with Crippen molar-refractivity contribution in [2.24, 2.45) is 5.73 Å². The van der Waals surface area contributed by atoms with Crippen LogP contribution in [0, 0.1) is 0 Å². The minimum absolute atomic E-state index is 0.290. The molecule has 0 aliphatic rings. The Balaban J connectivity index is 2.79. The average Bonchev–Trinajstić information content (AvgIpc) is 2.21. The summed E-state index contributed by atoms with van der Waals surface area (Å²) in [6.07, 6.45) is 0. The number of amides is 1. The molecular weight excluding hydrogens is 212 g/mol. The maximum Gasteiger partial charge on any atom is 0.226 e. The first-order valence-corrected chi connectivity index (χ1v) is 5.28. The molecule has 1 atom stereocenters. The van der Waals surface area contributed by atoms with E-state index in [2.05, 4.69) is 5.32 Å². The average molecular weight is 227 g/mol. The Morgan fingerprint density at radius 2 is 2.07 bits per heavy atom. The maximum absolute atomic E-state index is 11.2. The standard InChI is InChI=1S/C11H15ClN2O/c1-2-14-7-10(11(13)15)8-3-5-9(12)6-4-8/h3-6,10,14H,2,7H2,1H3,(H2,13,15). The van der Waals surface area contributed by atoms with Gasteiger partial charge in [0.15, 0.2) is 0 Å². The molecule has 3 nitrogen and oxygen atoms in total. The molecule has 15 heavy (non-hydrogen) atoms. The number of rotatable bonds is 5. The Kier molecular flexibility index (Phi) is 4.59. The lowest BCUT2D eigenvalue weighted by atomic mass is 9.98. The van der Waals surface area contributed by atoms with Gasteiger partial charge in [-0.25, -0.2) is 0 Å². The quantitative estimate of drug-likeness (QED) is 0.800. The van der Waals surface area contributed by atoms with Gasteiger partial charge in [-0.15, -0.1) is 0 Å². The van der Waals surface area contributed by atoms with Crippen LogP contribution in [0.5, 0.6) is 0 Å². The van der Waals surface area contributed by atoms with E-state index in [9.17, 15) is 4.79 Å². The maximum atomic E-state index is 11.2. The van der Waals surface area contributed by atoms with Gasteiger partial charge in [0.25, 0.3) is 0 Å². The van der Waals surface area contributed by atoms with Gasteiger partial charge >= 0.3 is 0 Å². The highest BCUT2D eigenvalue weighted by Crippen LogP contribution is 2.17. The fourth-order valence-electron chi connectivity index (χ4n) is 1.37. The summed E-state index contributed by atoms with van der Waals surface area (Å²) in [5.74, 6) is -0.611. The lowest BCUT2D eigenvalue weighted by Crippen LogP contribution is -2.31. The Hall–Kier alpha value is -1.06. The van der Waals surface area contributed by atoms with E-state index in [-0.39, 0.29) is 11.8 Å². The number of likely N-dealkylation sites (N-methyl/N-ethyl adjacent to an activating group) is 1. The minimum atomic E-state index is -0.321. The number of hydrogen-bond acceptors (Lipinski definition) is 2. The first kappa shape index (κ1) is 12.0. The number of nitrogens with two attached hydrogens (primary N) is 1. The number of carbonyl (C=O) groups excluding carboxylic acids is 1. The van der Waals surface area contributed by atoms with Gasteiger partial charge in [-0.2, -0.15) is 0 Å². The molecule has 3 N–H and O–H groups in total. The molecule has 0 heterocycles. The first-order valence-electron chi connectivity index (χ1n) is 4.90. The van der Waals surface area contributed by atoms with Gasteiger partial charge in [0.1, 0.15) is 0 Å². The second kappa shape index (κ2) is 5.73. The number of carbonyl (C=O) groups is 1. The van der Waals surface area contributed by atoms with Gasteiger partial charge in [0.05, 0.1) is 5.92 Å². The number of benzene rings is 1. The van der Waals surface area contributed by atoms with E-state index < -0.39 is 0 Å². The zero-order valence-electron chi connectivity index (χ0n) is 8.66. The van der Waals surface area contributed by atoms with Crippen LogP contribution in [0.3, 0.4) is 0 Å². The second-order valence-electron chi connectivity index (χ2n) is 3.31. The van der Waals surface area contributed by atoms with Crippen molar-refractivity contribution in [3.63, 3.8) is 0 Å². The molecule has 0 aliphatic heterocycles. The molecule has 0 spiro atoms. The summed E-state index contributed by atoms with van der Waals surface area (Å²) in [7, 11) is 0. The summed E-state index contributed by atoms with van der Waals surface area (Å²) in [5, 5.41) is 3.77. The van der Waals surface area contributed by atoms with Crippen LogP contribution in [-0.4, -0.2) is 19.0 Å². The van der Waals surface area contributed by atoms with E-state index in [0.29, 0.717) is 11.6 Å². The second-order valence-corrected chi connectivity index (χ2v) is 3.75. The van der Waals surface area contributed by atoms with Crippen molar-refractivity contribution in [2.75, 3.05) is 13.1 Å². The first-order chi connectivity index (χ1) is 7.15.